The lowest BCUT2D eigenvalue weighted by Gasteiger charge is -2.35. The van der Waals surface area contributed by atoms with Gasteiger partial charge in [0, 0.05) is 0 Å². The Morgan fingerprint density at radius 3 is 2.22 bits per heavy atom. The summed E-state index contributed by atoms with van der Waals surface area (Å²) in [7, 11) is 0. The van der Waals surface area contributed by atoms with E-state index in [-0.39, 0.29) is 23.4 Å². The van der Waals surface area contributed by atoms with Crippen molar-refractivity contribution in [2.24, 2.45) is 17.3 Å². The van der Waals surface area contributed by atoms with Crippen molar-refractivity contribution in [2.75, 3.05) is 0 Å². The average molecular weight is 376 g/mol. The molecular weight excluding hydrogens is 334 g/mol. The van der Waals surface area contributed by atoms with E-state index in [1.54, 1.807) is 0 Å². The SMILES string of the molecule is CCCCCCC[C@H]1CC[C@H](C(=O)O[C@H]2CC[C@](C#N)(CCC)CC2)CC1. The Morgan fingerprint density at radius 2 is 1.63 bits per heavy atom. The fourth-order valence-corrected chi connectivity index (χ4v) is 5.14. The largest absolute Gasteiger partial charge is 0.462 e. The quantitative estimate of drug-likeness (QED) is 0.306. The monoisotopic (exact) mass is 375 g/mol. The van der Waals surface area contributed by atoms with Crippen LogP contribution in [-0.4, -0.2) is 12.1 Å². The van der Waals surface area contributed by atoms with E-state index in [0.29, 0.717) is 0 Å². The molecule has 0 spiro atoms. The molecule has 2 rings (SSSR count). The summed E-state index contributed by atoms with van der Waals surface area (Å²) in [4.78, 5) is 12.6. The number of hydrogen-bond donors (Lipinski definition) is 0. The van der Waals surface area contributed by atoms with Gasteiger partial charge in [0.15, 0.2) is 0 Å². The number of unbranched alkanes of at least 4 members (excludes halogenated alkanes) is 4. The van der Waals surface area contributed by atoms with Gasteiger partial charge in [-0.2, -0.15) is 5.26 Å². The smallest absolute Gasteiger partial charge is 0.309 e. The van der Waals surface area contributed by atoms with Gasteiger partial charge in [-0.25, -0.2) is 0 Å². The molecule has 0 bridgehead atoms. The average Bonchev–Trinajstić information content (AvgIpc) is 2.70. The third-order valence-electron chi connectivity index (χ3n) is 7.03. The first kappa shape index (κ1) is 22.3. The number of nitrogens with zero attached hydrogens (tertiary/aromatic N) is 1. The Labute approximate surface area is 167 Å². The zero-order chi connectivity index (χ0) is 19.5. The zero-order valence-corrected chi connectivity index (χ0v) is 17.8. The number of esters is 1. The highest BCUT2D eigenvalue weighted by Gasteiger charge is 2.37. The maximum absolute atomic E-state index is 12.6. The minimum Gasteiger partial charge on any atom is -0.462 e. The van der Waals surface area contributed by atoms with Gasteiger partial charge in [-0.1, -0.05) is 58.8 Å². The second-order valence-electron chi connectivity index (χ2n) is 9.20. The van der Waals surface area contributed by atoms with Crippen molar-refractivity contribution in [3.05, 3.63) is 0 Å². The molecule has 0 aromatic heterocycles. The van der Waals surface area contributed by atoms with Crippen LogP contribution in [0.25, 0.3) is 0 Å². The molecule has 0 N–H and O–H groups in total. The number of carbonyl (C=O) groups is 1. The summed E-state index contributed by atoms with van der Waals surface area (Å²) in [6.45, 7) is 4.41. The molecule has 2 aliphatic rings. The van der Waals surface area contributed by atoms with E-state index in [1.807, 2.05) is 0 Å². The molecular formula is C24H41NO2. The summed E-state index contributed by atoms with van der Waals surface area (Å²) in [5.41, 5.74) is -0.160. The molecule has 0 heterocycles. The molecule has 0 aromatic carbocycles. The van der Waals surface area contributed by atoms with Gasteiger partial charge in [0.05, 0.1) is 17.4 Å². The second-order valence-corrected chi connectivity index (χ2v) is 9.20. The van der Waals surface area contributed by atoms with Crippen LogP contribution in [-0.2, 0) is 9.53 Å². The molecule has 154 valence electrons. The maximum Gasteiger partial charge on any atom is 0.309 e. The Hall–Kier alpha value is -1.04. The van der Waals surface area contributed by atoms with Crippen LogP contribution in [0.2, 0.25) is 0 Å². The standard InChI is InChI=1S/C24H41NO2/c1-3-5-6-7-8-9-20-10-12-21(13-11-20)23(26)27-22-14-17-24(19-25,16-4-2)18-15-22/h20-22H,3-18H2,1-2H3/t20-,21-,22-,24+. The number of hydrogen-bond acceptors (Lipinski definition) is 3. The van der Waals surface area contributed by atoms with Crippen molar-refractivity contribution < 1.29 is 9.53 Å². The lowest BCUT2D eigenvalue weighted by molar-refractivity contribution is -0.158. The summed E-state index contributed by atoms with van der Waals surface area (Å²) in [5, 5.41) is 9.52. The van der Waals surface area contributed by atoms with Crippen molar-refractivity contribution in [2.45, 2.75) is 123 Å². The topological polar surface area (TPSA) is 50.1 Å². The van der Waals surface area contributed by atoms with E-state index < -0.39 is 0 Å². The van der Waals surface area contributed by atoms with Crippen molar-refractivity contribution in [3.8, 4) is 6.07 Å². The number of ether oxygens (including phenoxy) is 1. The van der Waals surface area contributed by atoms with Gasteiger partial charge in [0.1, 0.15) is 6.10 Å². The molecule has 2 fully saturated rings. The Balaban J connectivity index is 1.63. The van der Waals surface area contributed by atoms with Crippen molar-refractivity contribution in [1.29, 1.82) is 5.26 Å². The molecule has 2 aliphatic carbocycles. The van der Waals surface area contributed by atoms with Crippen LogP contribution in [0.3, 0.4) is 0 Å². The molecule has 27 heavy (non-hydrogen) atoms. The van der Waals surface area contributed by atoms with E-state index in [0.717, 1.165) is 57.3 Å². The van der Waals surface area contributed by atoms with Crippen molar-refractivity contribution in [3.63, 3.8) is 0 Å². The van der Waals surface area contributed by atoms with Gasteiger partial charge in [0.25, 0.3) is 0 Å². The van der Waals surface area contributed by atoms with Crippen LogP contribution in [0.15, 0.2) is 0 Å². The lowest BCUT2D eigenvalue weighted by atomic mass is 9.71. The van der Waals surface area contributed by atoms with Gasteiger partial charge < -0.3 is 4.74 Å². The first-order valence-electron chi connectivity index (χ1n) is 11.7. The molecule has 0 saturated heterocycles. The van der Waals surface area contributed by atoms with Crippen molar-refractivity contribution in [1.82, 2.24) is 0 Å². The van der Waals surface area contributed by atoms with E-state index in [9.17, 15) is 10.1 Å². The highest BCUT2D eigenvalue weighted by atomic mass is 16.5. The van der Waals surface area contributed by atoms with E-state index in [4.69, 9.17) is 4.74 Å². The first-order chi connectivity index (χ1) is 13.1. The molecule has 0 unspecified atom stereocenters. The highest BCUT2D eigenvalue weighted by molar-refractivity contribution is 5.72. The van der Waals surface area contributed by atoms with Gasteiger partial charge in [-0.05, 0) is 63.7 Å². The van der Waals surface area contributed by atoms with Crippen LogP contribution in [0.4, 0.5) is 0 Å². The lowest BCUT2D eigenvalue weighted by Crippen LogP contribution is -2.33. The Kier molecular flexibility index (Phi) is 9.66. The minimum absolute atomic E-state index is 0.0429. The Morgan fingerprint density at radius 1 is 0.963 bits per heavy atom. The van der Waals surface area contributed by atoms with E-state index >= 15 is 0 Å². The van der Waals surface area contributed by atoms with Gasteiger partial charge in [-0.15, -0.1) is 0 Å². The van der Waals surface area contributed by atoms with Gasteiger partial charge in [0.2, 0.25) is 0 Å². The van der Waals surface area contributed by atoms with Crippen LogP contribution in [0.1, 0.15) is 117 Å². The molecule has 0 aliphatic heterocycles. The third kappa shape index (κ3) is 7.13. The normalized spacial score (nSPS) is 31.2. The molecule has 0 aromatic rings. The van der Waals surface area contributed by atoms with Crippen LogP contribution in [0, 0.1) is 28.6 Å². The third-order valence-corrected chi connectivity index (χ3v) is 7.03. The fraction of sp³-hybridized carbons (Fsp3) is 0.917. The Bertz CT molecular complexity index is 465. The predicted octanol–water partition coefficient (Wildman–Crippen LogP) is 6.95. The van der Waals surface area contributed by atoms with E-state index in [2.05, 4.69) is 19.9 Å². The van der Waals surface area contributed by atoms with Crippen LogP contribution >= 0.6 is 0 Å². The van der Waals surface area contributed by atoms with Crippen molar-refractivity contribution >= 4 is 5.97 Å². The zero-order valence-electron chi connectivity index (χ0n) is 17.8. The van der Waals surface area contributed by atoms with Gasteiger partial charge in [-0.3, -0.25) is 4.79 Å². The van der Waals surface area contributed by atoms with E-state index in [1.165, 1.54) is 51.4 Å². The molecule has 0 atom stereocenters. The maximum atomic E-state index is 12.6. The number of rotatable bonds is 10. The fourth-order valence-electron chi connectivity index (χ4n) is 5.14. The molecule has 3 heteroatoms. The molecule has 3 nitrogen and oxygen atoms in total. The predicted molar refractivity (Wildman–Crippen MR) is 110 cm³/mol. The minimum atomic E-state index is -0.160. The molecule has 0 radical (unpaired) electrons. The van der Waals surface area contributed by atoms with Crippen LogP contribution in [0.5, 0.6) is 0 Å². The number of nitriles is 1. The molecule has 2 saturated carbocycles. The van der Waals surface area contributed by atoms with Gasteiger partial charge >= 0.3 is 5.97 Å². The summed E-state index contributed by atoms with van der Waals surface area (Å²) < 4.78 is 5.86. The first-order valence-corrected chi connectivity index (χ1v) is 11.7. The summed E-state index contributed by atoms with van der Waals surface area (Å²) in [5.74, 6) is 0.997. The highest BCUT2D eigenvalue weighted by Crippen LogP contribution is 2.41. The number of carbonyl (C=O) groups excluding carboxylic acids is 1. The molecule has 0 amide bonds. The summed E-state index contributed by atoms with van der Waals surface area (Å²) in [6, 6.07) is 2.55. The van der Waals surface area contributed by atoms with Crippen LogP contribution < -0.4 is 0 Å². The summed E-state index contributed by atoms with van der Waals surface area (Å²) in [6.07, 6.45) is 18.2. The second kappa shape index (κ2) is 11.7. The summed E-state index contributed by atoms with van der Waals surface area (Å²) >= 11 is 0.